The highest BCUT2D eigenvalue weighted by Gasteiger charge is 2.67. The first-order chi connectivity index (χ1) is 6.86. The molecule has 0 N–H and O–H groups in total. The van der Waals surface area contributed by atoms with Crippen LogP contribution in [0.1, 0.15) is 17.3 Å². The second-order valence-electron chi connectivity index (χ2n) is 3.17. The number of hydrogen-bond acceptors (Lipinski definition) is 1. The Morgan fingerprint density at radius 1 is 1.06 bits per heavy atom. The molecule has 0 radical (unpaired) electrons. The molecule has 0 aromatic heterocycles. The van der Waals surface area contributed by atoms with E-state index in [2.05, 4.69) is 20.1 Å². The van der Waals surface area contributed by atoms with Crippen LogP contribution in [-0.4, -0.2) is 0 Å². The molecule has 1 rings (SSSR count). The summed E-state index contributed by atoms with van der Waals surface area (Å²) in [7, 11) is -9.85. The van der Waals surface area contributed by atoms with Crippen molar-refractivity contribution in [3.8, 4) is 5.75 Å². The van der Waals surface area contributed by atoms with Gasteiger partial charge in [-0.3, -0.25) is 0 Å². The van der Waals surface area contributed by atoms with Crippen LogP contribution in [0.4, 0.5) is 19.4 Å². The van der Waals surface area contributed by atoms with Gasteiger partial charge in [-0.1, -0.05) is 47.5 Å². The molecule has 1 atom stereocenters. The minimum Gasteiger partial charge on any atom is -0.355 e. The normalized spacial score (nSPS) is 18.4. The number of hydrogen-bond donors (Lipinski definition) is 0. The van der Waals surface area contributed by atoms with Gasteiger partial charge in [0.25, 0.3) is 0 Å². The first kappa shape index (κ1) is 13.6. The van der Waals surface area contributed by atoms with E-state index in [0.717, 1.165) is 12.1 Å². The van der Waals surface area contributed by atoms with Crippen molar-refractivity contribution in [1.29, 1.82) is 0 Å². The summed E-state index contributed by atoms with van der Waals surface area (Å²) in [5.74, 6) is -0.920. The summed E-state index contributed by atoms with van der Waals surface area (Å²) >= 11 is 3.19. The molecular formula is C8H8BrF5OS. The topological polar surface area (TPSA) is 9.23 Å². The monoisotopic (exact) mass is 326 g/mol. The van der Waals surface area contributed by atoms with Gasteiger partial charge < -0.3 is 4.18 Å². The zero-order valence-electron chi connectivity index (χ0n) is 7.97. The van der Waals surface area contributed by atoms with E-state index in [0.29, 0.717) is 5.56 Å². The van der Waals surface area contributed by atoms with Crippen LogP contribution >= 0.6 is 26.4 Å². The maximum absolute atomic E-state index is 11.9. The van der Waals surface area contributed by atoms with Crippen molar-refractivity contribution in [2.24, 2.45) is 0 Å². The average molecular weight is 327 g/mol. The molecule has 1 aromatic rings. The molecule has 16 heavy (non-hydrogen) atoms. The van der Waals surface area contributed by atoms with Crippen LogP contribution in [0, 0.1) is 0 Å². The molecule has 0 aliphatic rings. The summed E-state index contributed by atoms with van der Waals surface area (Å²) in [5.41, 5.74) is 0.662. The highest BCUT2D eigenvalue weighted by molar-refractivity contribution is 9.09. The summed E-state index contributed by atoms with van der Waals surface area (Å²) in [5, 5.41) is 0. The lowest BCUT2D eigenvalue weighted by atomic mass is 10.2. The van der Waals surface area contributed by atoms with Crippen molar-refractivity contribution >= 4 is 26.4 Å². The first-order valence-corrected chi connectivity index (χ1v) is 6.84. The van der Waals surface area contributed by atoms with Gasteiger partial charge in [-0.15, -0.1) is 0 Å². The quantitative estimate of drug-likeness (QED) is 0.508. The fraction of sp³-hybridized carbons (Fsp3) is 0.250. The highest BCUT2D eigenvalue weighted by atomic mass is 79.9. The molecule has 1 nitrogen and oxygen atoms in total. The average Bonchev–Trinajstić information content (AvgIpc) is 1.99. The van der Waals surface area contributed by atoms with Gasteiger partial charge in [0.1, 0.15) is 5.75 Å². The lowest BCUT2D eigenvalue weighted by Gasteiger charge is -2.39. The third-order valence-corrected chi connectivity index (χ3v) is 2.63. The molecule has 1 aromatic carbocycles. The third-order valence-electron chi connectivity index (χ3n) is 1.59. The smallest absolute Gasteiger partial charge is 0.355 e. The number of alkyl halides is 1. The zero-order chi connectivity index (χ0) is 12.7. The molecule has 0 fully saturated rings. The Morgan fingerprint density at radius 2 is 1.50 bits per heavy atom. The van der Waals surface area contributed by atoms with Gasteiger partial charge in [0, 0.05) is 4.83 Å². The van der Waals surface area contributed by atoms with Gasteiger partial charge in [0.05, 0.1) is 0 Å². The highest BCUT2D eigenvalue weighted by Crippen LogP contribution is 2.97. The van der Waals surface area contributed by atoms with E-state index < -0.39 is 16.3 Å². The molecule has 1 unspecified atom stereocenters. The molecule has 8 heteroatoms. The van der Waals surface area contributed by atoms with E-state index in [1.807, 2.05) is 0 Å². The van der Waals surface area contributed by atoms with Crippen molar-refractivity contribution in [2.75, 3.05) is 0 Å². The summed E-state index contributed by atoms with van der Waals surface area (Å²) in [6, 6.07) is 4.26. The predicted molar refractivity (Wildman–Crippen MR) is 57.5 cm³/mol. The van der Waals surface area contributed by atoms with Crippen LogP contribution in [0.2, 0.25) is 0 Å². The molecule has 0 aliphatic carbocycles. The molecule has 0 amide bonds. The van der Waals surface area contributed by atoms with E-state index in [4.69, 9.17) is 0 Å². The molecule has 0 bridgehead atoms. The van der Waals surface area contributed by atoms with Gasteiger partial charge in [-0.05, 0) is 24.6 Å². The van der Waals surface area contributed by atoms with Crippen LogP contribution in [0.25, 0.3) is 0 Å². The maximum Gasteiger partial charge on any atom is 0.435 e. The Kier molecular flexibility index (Phi) is 2.76. The third kappa shape index (κ3) is 5.02. The Morgan fingerprint density at radius 3 is 1.81 bits per heavy atom. The van der Waals surface area contributed by atoms with Crippen molar-refractivity contribution < 1.29 is 23.6 Å². The number of rotatable bonds is 3. The van der Waals surface area contributed by atoms with Crippen LogP contribution in [-0.2, 0) is 0 Å². The lowest BCUT2D eigenvalue weighted by Crippen LogP contribution is -2.13. The van der Waals surface area contributed by atoms with E-state index in [9.17, 15) is 19.4 Å². The van der Waals surface area contributed by atoms with E-state index in [1.54, 1.807) is 6.92 Å². The summed E-state index contributed by atoms with van der Waals surface area (Å²) in [6.45, 7) is 1.75. The lowest BCUT2D eigenvalue weighted by molar-refractivity contribution is 0.243. The Bertz CT molecular complexity index is 384. The maximum atomic E-state index is 11.9. The standard InChI is InChI=1S/C8H8BrF5OS/c1-6(9)7-2-4-8(5-3-7)15-16(10,11,12,13)14/h2-6H,1H3. The summed E-state index contributed by atoms with van der Waals surface area (Å²) in [4.78, 5) is -0.0819. The first-order valence-electron chi connectivity index (χ1n) is 4.05. The molecule has 0 saturated heterocycles. The SMILES string of the molecule is CC(Br)c1ccc(OS(F)(F)(F)(F)F)cc1. The Hall–Kier alpha value is -0.500. The van der Waals surface area contributed by atoms with Crippen LogP contribution < -0.4 is 4.18 Å². The van der Waals surface area contributed by atoms with Gasteiger partial charge in [-0.25, -0.2) is 0 Å². The van der Waals surface area contributed by atoms with Gasteiger partial charge in [0.2, 0.25) is 0 Å². The second-order valence-corrected chi connectivity index (χ2v) is 6.50. The molecule has 94 valence electrons. The van der Waals surface area contributed by atoms with Crippen molar-refractivity contribution in [3.05, 3.63) is 29.8 Å². The zero-order valence-corrected chi connectivity index (χ0v) is 10.4. The van der Waals surface area contributed by atoms with E-state index in [-0.39, 0.29) is 4.83 Å². The number of halogens is 6. The Balaban J connectivity index is 2.94. The molecule has 0 spiro atoms. The summed E-state index contributed by atoms with van der Waals surface area (Å²) in [6.07, 6.45) is 0. The van der Waals surface area contributed by atoms with Crippen LogP contribution in [0.15, 0.2) is 24.3 Å². The van der Waals surface area contributed by atoms with Crippen molar-refractivity contribution in [1.82, 2.24) is 0 Å². The van der Waals surface area contributed by atoms with Crippen molar-refractivity contribution in [3.63, 3.8) is 0 Å². The molecule has 0 aliphatic heterocycles. The van der Waals surface area contributed by atoms with Gasteiger partial charge in [-0.2, -0.15) is 0 Å². The fourth-order valence-electron chi connectivity index (χ4n) is 0.970. The summed E-state index contributed by atoms with van der Waals surface area (Å²) < 4.78 is 62.5. The molecule has 0 saturated carbocycles. The molecule has 0 heterocycles. The Labute approximate surface area is 97.7 Å². The minimum atomic E-state index is -9.85. The van der Waals surface area contributed by atoms with E-state index >= 15 is 0 Å². The van der Waals surface area contributed by atoms with Gasteiger partial charge >= 0.3 is 10.5 Å². The fourth-order valence-corrected chi connectivity index (χ4v) is 1.75. The van der Waals surface area contributed by atoms with E-state index in [1.165, 1.54) is 12.1 Å². The predicted octanol–water partition coefficient (Wildman–Crippen LogP) is 5.73. The van der Waals surface area contributed by atoms with Crippen LogP contribution in [0.3, 0.4) is 0 Å². The second kappa shape index (κ2) is 3.25. The number of benzene rings is 1. The van der Waals surface area contributed by atoms with Crippen LogP contribution in [0.5, 0.6) is 5.75 Å². The minimum absolute atomic E-state index is 0.0819. The van der Waals surface area contributed by atoms with Gasteiger partial charge in [0.15, 0.2) is 0 Å². The largest absolute Gasteiger partial charge is 0.435 e. The molecular weight excluding hydrogens is 319 g/mol. The van der Waals surface area contributed by atoms with Crippen molar-refractivity contribution in [2.45, 2.75) is 11.8 Å².